The Balaban J connectivity index is 2.10. The normalized spacial score (nSPS) is 11.3. The molecule has 0 fully saturated rings. The highest BCUT2D eigenvalue weighted by atomic mass is 32.2. The van der Waals surface area contributed by atoms with Gasteiger partial charge in [-0.05, 0) is 35.9 Å². The van der Waals surface area contributed by atoms with Crippen molar-refractivity contribution in [2.45, 2.75) is 18.1 Å². The molecule has 2 aromatic rings. The van der Waals surface area contributed by atoms with Crippen LogP contribution in [0.4, 0.5) is 8.78 Å². The van der Waals surface area contributed by atoms with Gasteiger partial charge < -0.3 is 9.64 Å². The molecule has 9 heteroatoms. The summed E-state index contributed by atoms with van der Waals surface area (Å²) in [7, 11) is -2.19. The molecular formula is C19H20F2N2O4S. The van der Waals surface area contributed by atoms with Crippen molar-refractivity contribution in [1.29, 1.82) is 0 Å². The van der Waals surface area contributed by atoms with Crippen molar-refractivity contribution in [3.8, 4) is 5.75 Å². The summed E-state index contributed by atoms with van der Waals surface area (Å²) in [6.07, 6.45) is 1.41. The van der Waals surface area contributed by atoms with Gasteiger partial charge in [0.25, 0.3) is 5.91 Å². The standard InChI is InChI=1S/C19H20F2N2O4S/c1-3-11-22-28(25,26)17-6-4-5-15(12-17)18(24)23(2)13-14-7-9-16(10-8-14)27-19(20)21/h3-10,12,19,22H,1,11,13H2,2H3. The third-order valence-electron chi connectivity index (χ3n) is 3.72. The van der Waals surface area contributed by atoms with Gasteiger partial charge in [-0.2, -0.15) is 8.78 Å². The van der Waals surface area contributed by atoms with Crippen molar-refractivity contribution < 1.29 is 26.7 Å². The van der Waals surface area contributed by atoms with Crippen LogP contribution in [0, 0.1) is 0 Å². The summed E-state index contributed by atoms with van der Waals surface area (Å²) in [5.74, 6) is -0.355. The number of carbonyl (C=O) groups is 1. The topological polar surface area (TPSA) is 75.7 Å². The first-order valence-electron chi connectivity index (χ1n) is 8.23. The van der Waals surface area contributed by atoms with Crippen LogP contribution in [0.5, 0.6) is 5.75 Å². The lowest BCUT2D eigenvalue weighted by Gasteiger charge is -2.18. The van der Waals surface area contributed by atoms with Crippen LogP contribution in [0.2, 0.25) is 0 Å². The molecule has 0 bridgehead atoms. The summed E-state index contributed by atoms with van der Waals surface area (Å²) in [6.45, 7) is 0.833. The average molecular weight is 410 g/mol. The molecule has 1 amide bonds. The minimum absolute atomic E-state index is 0.0256. The highest BCUT2D eigenvalue weighted by Crippen LogP contribution is 2.17. The Labute approximate surface area is 162 Å². The third kappa shape index (κ3) is 5.86. The van der Waals surface area contributed by atoms with E-state index in [0.717, 1.165) is 0 Å². The smallest absolute Gasteiger partial charge is 0.387 e. The lowest BCUT2D eigenvalue weighted by atomic mass is 10.1. The predicted octanol–water partition coefficient (Wildman–Crippen LogP) is 3.02. The van der Waals surface area contributed by atoms with Gasteiger partial charge in [-0.1, -0.05) is 24.3 Å². The molecule has 0 heterocycles. The number of rotatable bonds is 9. The number of amides is 1. The summed E-state index contributed by atoms with van der Waals surface area (Å²) >= 11 is 0. The molecule has 0 aliphatic heterocycles. The Morgan fingerprint density at radius 2 is 1.93 bits per heavy atom. The highest BCUT2D eigenvalue weighted by Gasteiger charge is 2.17. The van der Waals surface area contributed by atoms with Gasteiger partial charge in [-0.3, -0.25) is 4.79 Å². The van der Waals surface area contributed by atoms with Gasteiger partial charge in [-0.15, -0.1) is 6.58 Å². The number of carbonyl (C=O) groups excluding carboxylic acids is 1. The van der Waals surface area contributed by atoms with Crippen LogP contribution >= 0.6 is 0 Å². The molecule has 0 saturated heterocycles. The van der Waals surface area contributed by atoms with Crippen molar-refractivity contribution >= 4 is 15.9 Å². The number of benzene rings is 2. The van der Waals surface area contributed by atoms with Crippen LogP contribution in [-0.4, -0.2) is 39.4 Å². The maximum atomic E-state index is 12.6. The van der Waals surface area contributed by atoms with E-state index in [9.17, 15) is 22.0 Å². The summed E-state index contributed by atoms with van der Waals surface area (Å²) in [4.78, 5) is 14.0. The second kappa shape index (κ2) is 9.43. The van der Waals surface area contributed by atoms with E-state index < -0.39 is 16.6 Å². The molecule has 0 atom stereocenters. The molecule has 6 nitrogen and oxygen atoms in total. The van der Waals surface area contributed by atoms with Crippen LogP contribution in [0.15, 0.2) is 66.1 Å². The van der Waals surface area contributed by atoms with E-state index in [1.807, 2.05) is 0 Å². The lowest BCUT2D eigenvalue weighted by Crippen LogP contribution is -2.27. The number of alkyl halides is 2. The molecule has 150 valence electrons. The molecule has 0 aromatic heterocycles. The minimum Gasteiger partial charge on any atom is -0.435 e. The van der Waals surface area contributed by atoms with Gasteiger partial charge in [0.2, 0.25) is 10.0 Å². The van der Waals surface area contributed by atoms with Crippen LogP contribution in [0.25, 0.3) is 0 Å². The van der Waals surface area contributed by atoms with Gasteiger partial charge >= 0.3 is 6.61 Å². The fourth-order valence-corrected chi connectivity index (χ4v) is 3.43. The Kier molecular flexibility index (Phi) is 7.24. The first-order valence-corrected chi connectivity index (χ1v) is 9.71. The maximum absolute atomic E-state index is 12.6. The Morgan fingerprint density at radius 3 is 2.54 bits per heavy atom. The summed E-state index contributed by atoms with van der Waals surface area (Å²) in [5, 5.41) is 0. The van der Waals surface area contributed by atoms with Crippen molar-refractivity contribution in [3.05, 3.63) is 72.3 Å². The first kappa shape index (κ1) is 21.5. The van der Waals surface area contributed by atoms with E-state index in [2.05, 4.69) is 16.0 Å². The van der Waals surface area contributed by atoms with E-state index in [1.165, 1.54) is 47.4 Å². The van der Waals surface area contributed by atoms with E-state index >= 15 is 0 Å². The molecule has 2 rings (SSSR count). The molecule has 28 heavy (non-hydrogen) atoms. The van der Waals surface area contributed by atoms with E-state index in [4.69, 9.17) is 0 Å². The fraction of sp³-hybridized carbons (Fsp3) is 0.211. The molecule has 1 N–H and O–H groups in total. The zero-order chi connectivity index (χ0) is 20.7. The molecule has 0 saturated carbocycles. The lowest BCUT2D eigenvalue weighted by molar-refractivity contribution is -0.0498. The van der Waals surface area contributed by atoms with Gasteiger partial charge in [-0.25, -0.2) is 13.1 Å². The van der Waals surface area contributed by atoms with Crippen LogP contribution in [-0.2, 0) is 16.6 Å². The molecule has 0 unspecified atom stereocenters. The van der Waals surface area contributed by atoms with Gasteiger partial charge in [0.05, 0.1) is 4.90 Å². The van der Waals surface area contributed by atoms with E-state index in [-0.39, 0.29) is 35.2 Å². The van der Waals surface area contributed by atoms with Gasteiger partial charge in [0.1, 0.15) is 5.75 Å². The van der Waals surface area contributed by atoms with Crippen LogP contribution in [0.1, 0.15) is 15.9 Å². The van der Waals surface area contributed by atoms with Crippen LogP contribution in [0.3, 0.4) is 0 Å². The maximum Gasteiger partial charge on any atom is 0.387 e. The minimum atomic E-state index is -3.74. The second-order valence-corrected chi connectivity index (χ2v) is 7.62. The first-order chi connectivity index (χ1) is 13.2. The van der Waals surface area contributed by atoms with Gasteiger partial charge in [0, 0.05) is 25.7 Å². The highest BCUT2D eigenvalue weighted by molar-refractivity contribution is 7.89. The van der Waals surface area contributed by atoms with E-state index in [0.29, 0.717) is 5.56 Å². The SMILES string of the molecule is C=CCNS(=O)(=O)c1cccc(C(=O)N(C)Cc2ccc(OC(F)F)cc2)c1. The van der Waals surface area contributed by atoms with Crippen molar-refractivity contribution in [3.63, 3.8) is 0 Å². The number of hydrogen-bond acceptors (Lipinski definition) is 4. The van der Waals surface area contributed by atoms with Crippen LogP contribution < -0.4 is 9.46 Å². The molecule has 0 spiro atoms. The zero-order valence-electron chi connectivity index (χ0n) is 15.1. The number of hydrogen-bond donors (Lipinski definition) is 1. The van der Waals surface area contributed by atoms with Crippen molar-refractivity contribution in [2.75, 3.05) is 13.6 Å². The fourth-order valence-electron chi connectivity index (χ4n) is 2.39. The largest absolute Gasteiger partial charge is 0.435 e. The number of nitrogens with zero attached hydrogens (tertiary/aromatic N) is 1. The van der Waals surface area contributed by atoms with Crippen molar-refractivity contribution in [2.24, 2.45) is 0 Å². The summed E-state index contributed by atoms with van der Waals surface area (Å²) in [6, 6.07) is 11.6. The number of ether oxygens (including phenoxy) is 1. The molecule has 0 radical (unpaired) electrons. The quantitative estimate of drug-likeness (QED) is 0.645. The summed E-state index contributed by atoms with van der Waals surface area (Å²) < 4.78 is 55.4. The third-order valence-corrected chi connectivity index (χ3v) is 5.15. The monoisotopic (exact) mass is 410 g/mol. The van der Waals surface area contributed by atoms with Crippen molar-refractivity contribution in [1.82, 2.24) is 9.62 Å². The summed E-state index contributed by atoms with van der Waals surface area (Å²) in [5.41, 5.74) is 0.913. The van der Waals surface area contributed by atoms with E-state index in [1.54, 1.807) is 19.2 Å². The number of sulfonamides is 1. The molecule has 2 aromatic carbocycles. The zero-order valence-corrected chi connectivity index (χ0v) is 16.0. The Morgan fingerprint density at radius 1 is 1.25 bits per heavy atom. The molecular weight excluding hydrogens is 390 g/mol. The average Bonchev–Trinajstić information content (AvgIpc) is 2.67. The predicted molar refractivity (Wildman–Crippen MR) is 101 cm³/mol. The van der Waals surface area contributed by atoms with Gasteiger partial charge in [0.15, 0.2) is 0 Å². The second-order valence-electron chi connectivity index (χ2n) is 5.85. The number of halogens is 2. The Bertz CT molecular complexity index is 931. The Hall–Kier alpha value is -2.78. The number of nitrogens with one attached hydrogen (secondary N) is 1. The molecule has 0 aliphatic rings. The molecule has 0 aliphatic carbocycles.